The van der Waals surface area contributed by atoms with Crippen LogP contribution in [0.5, 0.6) is 0 Å². The Morgan fingerprint density at radius 3 is 2.40 bits per heavy atom. The highest BCUT2D eigenvalue weighted by atomic mass is 33.1. The van der Waals surface area contributed by atoms with Gasteiger partial charge in [-0.05, 0) is 12.4 Å². The van der Waals surface area contributed by atoms with Gasteiger partial charge in [0.2, 0.25) is 6.08 Å². The first kappa shape index (κ1) is 9.53. The number of rotatable bonds is 5. The minimum atomic E-state index is 0.431. The van der Waals surface area contributed by atoms with Crippen molar-refractivity contribution in [2.75, 3.05) is 11.8 Å². The van der Waals surface area contributed by atoms with Crippen LogP contribution in [0.25, 0.3) is 0 Å². The molecule has 0 spiro atoms. The molecule has 10 heavy (non-hydrogen) atoms. The molecule has 0 aliphatic carbocycles. The molecule has 0 aliphatic heterocycles. The van der Waals surface area contributed by atoms with Gasteiger partial charge in [0.1, 0.15) is 11.8 Å². The van der Waals surface area contributed by atoms with E-state index in [1.165, 1.54) is 27.7 Å². The topological polar surface area (TPSA) is 41.8 Å². The third-order valence-corrected chi connectivity index (χ3v) is 2.26. The normalized spacial score (nSPS) is 7.60. The Labute approximate surface area is 67.1 Å². The second-order valence-corrected chi connectivity index (χ2v) is 3.46. The third-order valence-electron chi connectivity index (χ3n) is 0.494. The van der Waals surface area contributed by atoms with Gasteiger partial charge in [0, 0.05) is 0 Å². The van der Waals surface area contributed by atoms with Crippen LogP contribution in [0.3, 0.4) is 0 Å². The zero-order valence-corrected chi connectivity index (χ0v) is 6.87. The molecule has 0 unspecified atom stereocenters. The molecular weight excluding hydrogens is 168 g/mol. The lowest BCUT2D eigenvalue weighted by Crippen LogP contribution is -1.67. The van der Waals surface area contributed by atoms with Crippen LogP contribution < -0.4 is 0 Å². The standard InChI is InChI=1S/C5H6N2OS2/c1-2-6-4-9-10-5-7-3-8/h1,4-5H2. The molecule has 0 atom stereocenters. The van der Waals surface area contributed by atoms with Crippen LogP contribution >= 0.6 is 21.6 Å². The molecule has 54 valence electrons. The maximum absolute atomic E-state index is 9.53. The van der Waals surface area contributed by atoms with Gasteiger partial charge >= 0.3 is 0 Å². The van der Waals surface area contributed by atoms with Crippen molar-refractivity contribution in [2.24, 2.45) is 9.98 Å². The van der Waals surface area contributed by atoms with E-state index in [1.807, 2.05) is 0 Å². The quantitative estimate of drug-likeness (QED) is 0.274. The predicted molar refractivity (Wildman–Crippen MR) is 46.1 cm³/mol. The Morgan fingerprint density at radius 2 is 1.90 bits per heavy atom. The number of aliphatic imine (C=N–C) groups is 2. The first-order chi connectivity index (χ1) is 4.91. The molecular formula is C5H6N2OS2. The van der Waals surface area contributed by atoms with Gasteiger partial charge in [-0.1, -0.05) is 21.6 Å². The average molecular weight is 174 g/mol. The van der Waals surface area contributed by atoms with Gasteiger partial charge in [-0.15, -0.1) is 0 Å². The van der Waals surface area contributed by atoms with E-state index in [2.05, 4.69) is 22.4 Å². The molecule has 0 saturated heterocycles. The van der Waals surface area contributed by atoms with E-state index in [-0.39, 0.29) is 0 Å². The second kappa shape index (κ2) is 8.53. The molecule has 0 heterocycles. The summed E-state index contributed by atoms with van der Waals surface area (Å²) in [6.45, 7) is 3.29. The second-order valence-electron chi connectivity index (χ2n) is 1.06. The van der Waals surface area contributed by atoms with Crippen LogP contribution in [-0.2, 0) is 4.79 Å². The maximum atomic E-state index is 9.53. The number of hydrogen-bond donors (Lipinski definition) is 0. The number of nitrogens with zero attached hydrogens (tertiary/aromatic N) is 2. The summed E-state index contributed by atoms with van der Waals surface area (Å²) < 4.78 is 0. The summed E-state index contributed by atoms with van der Waals surface area (Å²) in [7, 11) is 2.94. The highest BCUT2D eigenvalue weighted by molar-refractivity contribution is 8.76. The molecule has 0 rings (SSSR count). The zero-order valence-electron chi connectivity index (χ0n) is 5.24. The van der Waals surface area contributed by atoms with Crippen LogP contribution in [-0.4, -0.2) is 23.7 Å². The van der Waals surface area contributed by atoms with Crippen molar-refractivity contribution in [1.29, 1.82) is 0 Å². The average Bonchev–Trinajstić information content (AvgIpc) is 1.97. The summed E-state index contributed by atoms with van der Waals surface area (Å²) in [5.41, 5.74) is 0. The highest BCUT2D eigenvalue weighted by Crippen LogP contribution is 2.20. The molecule has 0 saturated carbocycles. The summed E-state index contributed by atoms with van der Waals surface area (Å²) in [5, 5.41) is 0. The maximum Gasteiger partial charge on any atom is 0.235 e. The minimum absolute atomic E-state index is 0.431. The third kappa shape index (κ3) is 7.53. The Balaban J connectivity index is 3.04. The van der Waals surface area contributed by atoms with Crippen molar-refractivity contribution in [1.82, 2.24) is 0 Å². The Bertz CT molecular complexity index is 150. The van der Waals surface area contributed by atoms with Gasteiger partial charge in [0.05, 0.1) is 0 Å². The van der Waals surface area contributed by atoms with Gasteiger partial charge in [-0.3, -0.25) is 0 Å². The first-order valence-corrected chi connectivity index (χ1v) is 4.87. The van der Waals surface area contributed by atoms with E-state index < -0.39 is 0 Å². The molecule has 0 amide bonds. The fourth-order valence-electron chi connectivity index (χ4n) is 0.199. The SMILES string of the molecule is C=C=NCSSCN=C=O. The van der Waals surface area contributed by atoms with Gasteiger partial charge in [0.15, 0.2) is 0 Å². The predicted octanol–water partition coefficient (Wildman–Crippen LogP) is 1.47. The molecule has 0 aromatic rings. The van der Waals surface area contributed by atoms with Crippen molar-refractivity contribution >= 4 is 33.5 Å². The van der Waals surface area contributed by atoms with Gasteiger partial charge in [0.25, 0.3) is 0 Å². The molecule has 0 bridgehead atoms. The van der Waals surface area contributed by atoms with Crippen molar-refractivity contribution in [3.8, 4) is 0 Å². The van der Waals surface area contributed by atoms with Gasteiger partial charge in [-0.2, -0.15) is 4.99 Å². The Hall–Kier alpha value is -0.470. The van der Waals surface area contributed by atoms with Crippen LogP contribution in [0, 0.1) is 0 Å². The molecule has 0 aromatic carbocycles. The van der Waals surface area contributed by atoms with E-state index in [4.69, 9.17) is 0 Å². The highest BCUT2D eigenvalue weighted by Gasteiger charge is 1.83. The van der Waals surface area contributed by atoms with E-state index in [1.54, 1.807) is 0 Å². The zero-order chi connectivity index (χ0) is 7.66. The Kier molecular flexibility index (Phi) is 8.13. The monoisotopic (exact) mass is 174 g/mol. The molecule has 0 aliphatic rings. The Morgan fingerprint density at radius 1 is 1.30 bits per heavy atom. The van der Waals surface area contributed by atoms with Crippen LogP contribution in [0.1, 0.15) is 0 Å². The van der Waals surface area contributed by atoms with E-state index >= 15 is 0 Å². The number of carbonyl (C=O) groups excluding carboxylic acids is 1. The molecule has 0 aromatic heterocycles. The molecule has 0 radical (unpaired) electrons. The fraction of sp³-hybridized carbons (Fsp3) is 0.400. The molecule has 0 N–H and O–H groups in total. The summed E-state index contributed by atoms with van der Waals surface area (Å²) >= 11 is 0. The van der Waals surface area contributed by atoms with Crippen molar-refractivity contribution in [2.45, 2.75) is 0 Å². The lowest BCUT2D eigenvalue weighted by Gasteiger charge is -1.87. The summed E-state index contributed by atoms with van der Waals surface area (Å²) in [5.74, 6) is 3.42. The van der Waals surface area contributed by atoms with Crippen molar-refractivity contribution < 1.29 is 4.79 Å². The van der Waals surface area contributed by atoms with Crippen LogP contribution in [0.2, 0.25) is 0 Å². The smallest absolute Gasteiger partial charge is 0.232 e. The molecule has 5 heteroatoms. The van der Waals surface area contributed by atoms with E-state index in [0.29, 0.717) is 11.8 Å². The summed E-state index contributed by atoms with van der Waals surface area (Å²) in [6.07, 6.45) is 1.44. The van der Waals surface area contributed by atoms with Crippen LogP contribution in [0.15, 0.2) is 16.6 Å². The summed E-state index contributed by atoms with van der Waals surface area (Å²) in [6, 6.07) is 0. The largest absolute Gasteiger partial charge is 0.235 e. The van der Waals surface area contributed by atoms with Crippen molar-refractivity contribution in [3.05, 3.63) is 6.58 Å². The van der Waals surface area contributed by atoms with Gasteiger partial charge in [-0.25, -0.2) is 9.79 Å². The summed E-state index contributed by atoms with van der Waals surface area (Å²) in [4.78, 5) is 16.6. The molecule has 3 nitrogen and oxygen atoms in total. The van der Waals surface area contributed by atoms with E-state index in [9.17, 15) is 4.79 Å². The van der Waals surface area contributed by atoms with Gasteiger partial charge < -0.3 is 0 Å². The lowest BCUT2D eigenvalue weighted by molar-refractivity contribution is 0.564. The van der Waals surface area contributed by atoms with E-state index in [0.717, 1.165) is 0 Å². The first-order valence-electron chi connectivity index (χ1n) is 2.38. The lowest BCUT2D eigenvalue weighted by atomic mass is 11.1. The minimum Gasteiger partial charge on any atom is -0.232 e. The fourth-order valence-corrected chi connectivity index (χ4v) is 1.36. The van der Waals surface area contributed by atoms with Crippen molar-refractivity contribution in [3.63, 3.8) is 0 Å². The number of isocyanates is 1. The molecule has 0 fully saturated rings. The number of hydrogen-bond acceptors (Lipinski definition) is 5. The van der Waals surface area contributed by atoms with Crippen LogP contribution in [0.4, 0.5) is 0 Å².